The average molecular weight is 437 g/mol. The van der Waals surface area contributed by atoms with Gasteiger partial charge in [-0.3, -0.25) is 0 Å². The molecular formula is C22H26Cl2N2OS. The van der Waals surface area contributed by atoms with Crippen LogP contribution in [0.4, 0.5) is 10.5 Å². The molecule has 0 bridgehead atoms. The van der Waals surface area contributed by atoms with Crippen molar-refractivity contribution in [2.75, 3.05) is 17.6 Å². The fourth-order valence-corrected chi connectivity index (χ4v) is 5.38. The Bertz CT molecular complexity index is 843. The largest absolute Gasteiger partial charge is 0.323 e. The second-order valence-corrected chi connectivity index (χ2v) is 9.67. The van der Waals surface area contributed by atoms with E-state index < -0.39 is 0 Å². The maximum Gasteiger partial charge on any atom is 0.323 e. The summed E-state index contributed by atoms with van der Waals surface area (Å²) in [4.78, 5) is 15.1. The number of urea groups is 1. The molecular weight excluding hydrogens is 411 g/mol. The highest BCUT2D eigenvalue weighted by Gasteiger charge is 2.32. The molecule has 1 saturated heterocycles. The Morgan fingerprint density at radius 2 is 1.75 bits per heavy atom. The predicted molar refractivity (Wildman–Crippen MR) is 122 cm³/mol. The summed E-state index contributed by atoms with van der Waals surface area (Å²) in [5.41, 5.74) is 4.18. The van der Waals surface area contributed by atoms with Crippen molar-refractivity contribution in [2.24, 2.45) is 0 Å². The first kappa shape index (κ1) is 21.4. The van der Waals surface area contributed by atoms with Crippen molar-refractivity contribution in [1.29, 1.82) is 0 Å². The monoisotopic (exact) mass is 436 g/mol. The summed E-state index contributed by atoms with van der Waals surface area (Å²) < 4.78 is 0. The number of amides is 2. The molecule has 1 aliphatic rings. The second-order valence-electron chi connectivity index (χ2n) is 7.63. The molecule has 1 atom stereocenters. The summed E-state index contributed by atoms with van der Waals surface area (Å²) in [6.07, 6.45) is 0. The van der Waals surface area contributed by atoms with Crippen LogP contribution in [0.3, 0.4) is 0 Å². The van der Waals surface area contributed by atoms with Gasteiger partial charge in [-0.1, -0.05) is 75.2 Å². The van der Waals surface area contributed by atoms with Crippen LogP contribution in [-0.2, 0) is 0 Å². The Hall–Kier alpha value is -1.36. The molecule has 2 amide bonds. The Morgan fingerprint density at radius 1 is 1.11 bits per heavy atom. The molecule has 1 heterocycles. The smallest absolute Gasteiger partial charge is 0.308 e. The van der Waals surface area contributed by atoms with Crippen LogP contribution >= 0.6 is 35.0 Å². The predicted octanol–water partition coefficient (Wildman–Crippen LogP) is 7.52. The minimum Gasteiger partial charge on any atom is -0.308 e. The molecule has 2 aromatic carbocycles. The van der Waals surface area contributed by atoms with Gasteiger partial charge in [0, 0.05) is 33.6 Å². The van der Waals surface area contributed by atoms with E-state index in [9.17, 15) is 4.79 Å². The number of carbonyl (C=O) groups is 1. The van der Waals surface area contributed by atoms with Gasteiger partial charge >= 0.3 is 6.03 Å². The first-order chi connectivity index (χ1) is 13.3. The van der Waals surface area contributed by atoms with Crippen molar-refractivity contribution < 1.29 is 4.79 Å². The van der Waals surface area contributed by atoms with Crippen LogP contribution < -0.4 is 5.32 Å². The van der Waals surface area contributed by atoms with E-state index in [0.29, 0.717) is 28.4 Å². The zero-order valence-corrected chi connectivity index (χ0v) is 19.0. The van der Waals surface area contributed by atoms with Crippen molar-refractivity contribution >= 4 is 46.7 Å². The molecule has 1 N–H and O–H groups in total. The van der Waals surface area contributed by atoms with Gasteiger partial charge in [-0.2, -0.15) is 0 Å². The molecule has 6 heteroatoms. The number of nitrogens with zero attached hydrogens (tertiary/aromatic N) is 1. The molecule has 3 rings (SSSR count). The zero-order valence-electron chi connectivity index (χ0n) is 16.6. The number of para-hydroxylation sites is 1. The summed E-state index contributed by atoms with van der Waals surface area (Å²) in [7, 11) is 0. The van der Waals surface area contributed by atoms with Crippen molar-refractivity contribution in [2.45, 2.75) is 44.9 Å². The van der Waals surface area contributed by atoms with Crippen LogP contribution in [0.15, 0.2) is 36.4 Å². The number of hydrogen-bond donors (Lipinski definition) is 1. The summed E-state index contributed by atoms with van der Waals surface area (Å²) in [5, 5.41) is 4.30. The summed E-state index contributed by atoms with van der Waals surface area (Å²) in [6, 6.07) is 11.6. The van der Waals surface area contributed by atoms with E-state index in [4.69, 9.17) is 23.2 Å². The van der Waals surface area contributed by atoms with Crippen LogP contribution in [0, 0.1) is 0 Å². The first-order valence-corrected chi connectivity index (χ1v) is 11.4. The number of nitrogens with one attached hydrogen (secondary N) is 1. The van der Waals surface area contributed by atoms with Gasteiger partial charge in [0.1, 0.15) is 5.37 Å². The third kappa shape index (κ3) is 4.45. The summed E-state index contributed by atoms with van der Waals surface area (Å²) in [6.45, 7) is 9.28. The number of rotatable bonds is 4. The van der Waals surface area contributed by atoms with Crippen LogP contribution in [0.1, 0.15) is 61.6 Å². The van der Waals surface area contributed by atoms with Gasteiger partial charge in [-0.05, 0) is 35.1 Å². The minimum absolute atomic E-state index is 0.0870. The van der Waals surface area contributed by atoms with Crippen LogP contribution in [0.2, 0.25) is 10.0 Å². The molecule has 150 valence electrons. The average Bonchev–Trinajstić information content (AvgIpc) is 3.11. The number of carbonyl (C=O) groups excluding carboxylic acids is 1. The maximum absolute atomic E-state index is 13.3. The van der Waals surface area contributed by atoms with E-state index >= 15 is 0 Å². The number of thioether (sulfide) groups is 1. The van der Waals surface area contributed by atoms with E-state index in [2.05, 4.69) is 51.2 Å². The lowest BCUT2D eigenvalue weighted by molar-refractivity contribution is 0.214. The quantitative estimate of drug-likeness (QED) is 0.537. The van der Waals surface area contributed by atoms with Gasteiger partial charge < -0.3 is 10.2 Å². The van der Waals surface area contributed by atoms with Gasteiger partial charge in [0.15, 0.2) is 0 Å². The van der Waals surface area contributed by atoms with Crippen molar-refractivity contribution in [3.05, 3.63) is 63.1 Å². The number of anilines is 1. The Kier molecular flexibility index (Phi) is 6.85. The van der Waals surface area contributed by atoms with Gasteiger partial charge in [0.2, 0.25) is 0 Å². The fourth-order valence-electron chi connectivity index (χ4n) is 3.51. The lowest BCUT2D eigenvalue weighted by Crippen LogP contribution is -2.35. The molecule has 0 spiro atoms. The van der Waals surface area contributed by atoms with Gasteiger partial charge in [-0.25, -0.2) is 4.79 Å². The Balaban J connectivity index is 1.90. The molecule has 1 unspecified atom stereocenters. The number of hydrogen-bond acceptors (Lipinski definition) is 2. The standard InChI is InChI=1S/C22H26Cl2N2OS/c1-13(2)16-6-5-7-17(14(3)4)20(16)25-22(27)26-10-11-28-21(26)18-9-8-15(23)12-19(18)24/h5-9,12-14,21H,10-11H2,1-4H3,(H,25,27). The molecule has 0 aliphatic carbocycles. The second kappa shape index (κ2) is 8.98. The number of halogens is 2. The Labute approximate surface area is 181 Å². The lowest BCUT2D eigenvalue weighted by atomic mass is 9.93. The third-order valence-corrected chi connectivity index (χ3v) is 6.79. The van der Waals surface area contributed by atoms with Gasteiger partial charge in [0.25, 0.3) is 0 Å². The third-order valence-electron chi connectivity index (χ3n) is 4.99. The van der Waals surface area contributed by atoms with Gasteiger partial charge in [-0.15, -0.1) is 11.8 Å². The Morgan fingerprint density at radius 3 is 2.32 bits per heavy atom. The molecule has 2 aromatic rings. The molecule has 0 radical (unpaired) electrons. The number of benzene rings is 2. The van der Waals surface area contributed by atoms with E-state index in [1.165, 1.54) is 0 Å². The zero-order chi connectivity index (χ0) is 20.4. The molecule has 3 nitrogen and oxygen atoms in total. The van der Waals surface area contributed by atoms with E-state index in [0.717, 1.165) is 28.1 Å². The fraction of sp³-hybridized carbons (Fsp3) is 0.409. The molecule has 1 fully saturated rings. The first-order valence-electron chi connectivity index (χ1n) is 9.56. The van der Waals surface area contributed by atoms with E-state index in [1.807, 2.05) is 17.0 Å². The molecule has 1 aliphatic heterocycles. The highest BCUT2D eigenvalue weighted by atomic mass is 35.5. The lowest BCUT2D eigenvalue weighted by Gasteiger charge is -2.27. The SMILES string of the molecule is CC(C)c1cccc(C(C)C)c1NC(=O)N1CCSC1c1ccc(Cl)cc1Cl. The van der Waals surface area contributed by atoms with Crippen LogP contribution in [0.25, 0.3) is 0 Å². The van der Waals surface area contributed by atoms with E-state index in [1.54, 1.807) is 17.8 Å². The molecule has 0 saturated carbocycles. The van der Waals surface area contributed by atoms with Crippen LogP contribution in [-0.4, -0.2) is 23.2 Å². The van der Waals surface area contributed by atoms with Crippen molar-refractivity contribution in [3.8, 4) is 0 Å². The van der Waals surface area contributed by atoms with Gasteiger partial charge in [0.05, 0.1) is 0 Å². The topological polar surface area (TPSA) is 32.3 Å². The highest BCUT2D eigenvalue weighted by Crippen LogP contribution is 2.42. The van der Waals surface area contributed by atoms with E-state index in [-0.39, 0.29) is 11.4 Å². The molecule has 28 heavy (non-hydrogen) atoms. The summed E-state index contributed by atoms with van der Waals surface area (Å²) in [5.74, 6) is 1.52. The highest BCUT2D eigenvalue weighted by molar-refractivity contribution is 7.99. The normalized spacial score (nSPS) is 16.9. The summed E-state index contributed by atoms with van der Waals surface area (Å²) >= 11 is 14.2. The minimum atomic E-state index is -0.113. The van der Waals surface area contributed by atoms with Crippen molar-refractivity contribution in [1.82, 2.24) is 4.90 Å². The maximum atomic E-state index is 13.3. The van der Waals surface area contributed by atoms with Crippen LogP contribution in [0.5, 0.6) is 0 Å². The van der Waals surface area contributed by atoms with Crippen molar-refractivity contribution in [3.63, 3.8) is 0 Å². The molecule has 0 aromatic heterocycles.